The fraction of sp³-hybridized carbons (Fsp3) is 0.450. The van der Waals surface area contributed by atoms with Crippen LogP contribution in [-0.4, -0.2) is 33.3 Å². The summed E-state index contributed by atoms with van der Waals surface area (Å²) >= 11 is 0. The van der Waals surface area contributed by atoms with E-state index in [4.69, 9.17) is 5.11 Å². The molecule has 0 spiro atoms. The van der Waals surface area contributed by atoms with Crippen molar-refractivity contribution in [2.24, 2.45) is 5.41 Å². The fourth-order valence-electron chi connectivity index (χ4n) is 3.28. The van der Waals surface area contributed by atoms with Crippen molar-refractivity contribution < 1.29 is 19.1 Å². The molecule has 0 radical (unpaired) electrons. The second-order valence-electron chi connectivity index (χ2n) is 7.69. The molecule has 0 fully saturated rings. The Kier molecular flexibility index (Phi) is 5.04. The summed E-state index contributed by atoms with van der Waals surface area (Å²) < 4.78 is 15.9. The molecule has 2 aromatic rings. The number of aliphatic carboxylic acids is 1. The van der Waals surface area contributed by atoms with Gasteiger partial charge in [0.15, 0.2) is 5.69 Å². The summed E-state index contributed by atoms with van der Waals surface area (Å²) in [6.45, 7) is 5.35. The molecule has 0 bridgehead atoms. The number of nitrogens with one attached hydrogen (secondary N) is 1. The van der Waals surface area contributed by atoms with E-state index in [2.05, 4.69) is 10.4 Å². The zero-order valence-corrected chi connectivity index (χ0v) is 15.8. The van der Waals surface area contributed by atoms with Crippen LogP contribution in [0.15, 0.2) is 18.2 Å². The van der Waals surface area contributed by atoms with Gasteiger partial charge in [-0.2, -0.15) is 5.10 Å². The third-order valence-electron chi connectivity index (χ3n) is 5.09. The molecule has 0 saturated heterocycles. The van der Waals surface area contributed by atoms with Crippen molar-refractivity contribution in [1.82, 2.24) is 15.1 Å². The van der Waals surface area contributed by atoms with Crippen molar-refractivity contribution in [3.8, 4) is 5.69 Å². The molecule has 1 aromatic carbocycles. The number of aromatic nitrogens is 2. The molecule has 1 aromatic heterocycles. The molecule has 1 aliphatic rings. The van der Waals surface area contributed by atoms with Crippen LogP contribution in [0.4, 0.5) is 4.39 Å². The van der Waals surface area contributed by atoms with Crippen LogP contribution in [-0.2, 0) is 17.6 Å². The van der Waals surface area contributed by atoms with Crippen molar-refractivity contribution >= 4 is 11.9 Å². The molecule has 144 valence electrons. The lowest BCUT2D eigenvalue weighted by atomic mass is 9.90. The van der Waals surface area contributed by atoms with Gasteiger partial charge in [-0.15, -0.1) is 0 Å². The minimum Gasteiger partial charge on any atom is -0.481 e. The lowest BCUT2D eigenvalue weighted by Crippen LogP contribution is -2.32. The zero-order chi connectivity index (χ0) is 19.8. The van der Waals surface area contributed by atoms with Crippen LogP contribution >= 0.6 is 0 Å². The van der Waals surface area contributed by atoms with E-state index < -0.39 is 11.4 Å². The lowest BCUT2D eigenvalue weighted by Gasteiger charge is -2.18. The third-order valence-corrected chi connectivity index (χ3v) is 5.09. The number of halogens is 1. The summed E-state index contributed by atoms with van der Waals surface area (Å²) in [6.07, 6.45) is 2.68. The Hall–Kier alpha value is -2.70. The number of rotatable bonds is 6. The Morgan fingerprint density at radius 3 is 2.78 bits per heavy atom. The van der Waals surface area contributed by atoms with Crippen molar-refractivity contribution in [2.75, 3.05) is 6.54 Å². The van der Waals surface area contributed by atoms with Crippen molar-refractivity contribution in [3.63, 3.8) is 0 Å². The van der Waals surface area contributed by atoms with Gasteiger partial charge in [0.1, 0.15) is 11.5 Å². The van der Waals surface area contributed by atoms with Gasteiger partial charge >= 0.3 is 5.97 Å². The highest BCUT2D eigenvalue weighted by atomic mass is 19.1. The molecular formula is C20H24FN3O3. The number of carboxylic acid groups (broad SMARTS) is 1. The molecule has 3 rings (SSSR count). The predicted molar refractivity (Wildman–Crippen MR) is 98.7 cm³/mol. The topological polar surface area (TPSA) is 84.2 Å². The number of benzene rings is 1. The second kappa shape index (κ2) is 7.13. The summed E-state index contributed by atoms with van der Waals surface area (Å²) in [5.41, 5.74) is 2.37. The van der Waals surface area contributed by atoms with Gasteiger partial charge in [0, 0.05) is 17.8 Å². The third kappa shape index (κ3) is 3.72. The summed E-state index contributed by atoms with van der Waals surface area (Å²) in [4.78, 5) is 23.8. The maximum atomic E-state index is 14.3. The summed E-state index contributed by atoms with van der Waals surface area (Å²) in [6, 6.07) is 4.82. The number of carbonyl (C=O) groups is 2. The maximum Gasteiger partial charge on any atom is 0.309 e. The second-order valence-corrected chi connectivity index (χ2v) is 7.69. The molecule has 1 amide bonds. The quantitative estimate of drug-likeness (QED) is 0.815. The van der Waals surface area contributed by atoms with Gasteiger partial charge in [-0.05, 0) is 64.2 Å². The van der Waals surface area contributed by atoms with Crippen LogP contribution in [0.2, 0.25) is 0 Å². The zero-order valence-electron chi connectivity index (χ0n) is 15.8. The fourth-order valence-corrected chi connectivity index (χ4v) is 3.28. The molecule has 0 atom stereocenters. The van der Waals surface area contributed by atoms with Gasteiger partial charge in [0.2, 0.25) is 0 Å². The first-order chi connectivity index (χ1) is 12.7. The van der Waals surface area contributed by atoms with E-state index in [1.54, 1.807) is 30.7 Å². The van der Waals surface area contributed by atoms with E-state index >= 15 is 0 Å². The highest BCUT2D eigenvalue weighted by molar-refractivity contribution is 5.94. The van der Waals surface area contributed by atoms with Gasteiger partial charge in [0.25, 0.3) is 5.91 Å². The molecule has 0 unspecified atom stereocenters. The predicted octanol–water partition coefficient (Wildman–Crippen LogP) is 3.04. The number of hydrogen-bond donors (Lipinski definition) is 2. The summed E-state index contributed by atoms with van der Waals surface area (Å²) in [7, 11) is 0. The maximum absolute atomic E-state index is 14.3. The van der Waals surface area contributed by atoms with Crippen molar-refractivity contribution in [1.29, 1.82) is 0 Å². The van der Waals surface area contributed by atoms with Gasteiger partial charge in [-0.1, -0.05) is 6.07 Å². The summed E-state index contributed by atoms with van der Waals surface area (Å²) in [5.74, 6) is -1.63. The standard InChI is InChI=1S/C20H24FN3O3/c1-12-7-8-14(21)16(11-12)24-15-6-4-5-13(15)17(23-24)18(25)22-10-9-20(2,3)19(26)27/h7-8,11H,4-6,9-10H2,1-3H3,(H,22,25)(H,26,27). The summed E-state index contributed by atoms with van der Waals surface area (Å²) in [5, 5.41) is 16.3. The lowest BCUT2D eigenvalue weighted by molar-refractivity contribution is -0.147. The van der Waals surface area contributed by atoms with Gasteiger partial charge in [0.05, 0.1) is 5.41 Å². The number of fused-ring (bicyclic) bond motifs is 1. The van der Waals surface area contributed by atoms with Crippen LogP contribution in [0, 0.1) is 18.2 Å². The number of carboxylic acids is 1. The number of hydrogen-bond acceptors (Lipinski definition) is 3. The SMILES string of the molecule is Cc1ccc(F)c(-n2nc(C(=O)NCCC(C)(C)C(=O)O)c3c2CCC3)c1. The Labute approximate surface area is 157 Å². The Morgan fingerprint density at radius 1 is 1.33 bits per heavy atom. The Morgan fingerprint density at radius 2 is 2.07 bits per heavy atom. The molecule has 1 heterocycles. The highest BCUT2D eigenvalue weighted by Crippen LogP contribution is 2.29. The van der Waals surface area contributed by atoms with E-state index in [1.807, 2.05) is 6.92 Å². The van der Waals surface area contributed by atoms with E-state index in [0.29, 0.717) is 17.8 Å². The molecule has 1 aliphatic carbocycles. The monoisotopic (exact) mass is 373 g/mol. The number of amides is 1. The molecule has 6 nitrogen and oxygen atoms in total. The van der Waals surface area contributed by atoms with Gasteiger partial charge in [-0.25, -0.2) is 9.07 Å². The first-order valence-electron chi connectivity index (χ1n) is 9.09. The first-order valence-corrected chi connectivity index (χ1v) is 9.09. The van der Waals surface area contributed by atoms with E-state index in [9.17, 15) is 14.0 Å². The average molecular weight is 373 g/mol. The molecule has 2 N–H and O–H groups in total. The molecule has 0 saturated carbocycles. The number of nitrogens with zero attached hydrogens (tertiary/aromatic N) is 2. The number of aryl methyl sites for hydroxylation is 1. The Bertz CT molecular complexity index is 902. The largest absolute Gasteiger partial charge is 0.481 e. The van der Waals surface area contributed by atoms with Crippen LogP contribution < -0.4 is 5.32 Å². The van der Waals surface area contributed by atoms with E-state index in [0.717, 1.165) is 36.1 Å². The van der Waals surface area contributed by atoms with Crippen LogP contribution in [0.3, 0.4) is 0 Å². The molecule has 0 aliphatic heterocycles. The smallest absolute Gasteiger partial charge is 0.309 e. The minimum absolute atomic E-state index is 0.235. The molecular weight excluding hydrogens is 349 g/mol. The molecule has 27 heavy (non-hydrogen) atoms. The normalized spacial score (nSPS) is 13.5. The highest BCUT2D eigenvalue weighted by Gasteiger charge is 2.29. The average Bonchev–Trinajstić information content (AvgIpc) is 3.19. The van der Waals surface area contributed by atoms with E-state index in [1.165, 1.54) is 6.07 Å². The Balaban J connectivity index is 1.84. The van der Waals surface area contributed by atoms with E-state index in [-0.39, 0.29) is 18.3 Å². The van der Waals surface area contributed by atoms with Crippen LogP contribution in [0.25, 0.3) is 5.69 Å². The van der Waals surface area contributed by atoms with Gasteiger partial charge in [-0.3, -0.25) is 9.59 Å². The molecule has 7 heteroatoms. The van der Waals surface area contributed by atoms with Gasteiger partial charge < -0.3 is 10.4 Å². The first kappa shape index (κ1) is 19.1. The van der Waals surface area contributed by atoms with Crippen LogP contribution in [0.1, 0.15) is 54.0 Å². The minimum atomic E-state index is -0.917. The van der Waals surface area contributed by atoms with Crippen molar-refractivity contribution in [3.05, 3.63) is 46.5 Å². The van der Waals surface area contributed by atoms with Crippen molar-refractivity contribution in [2.45, 2.75) is 46.5 Å². The van der Waals surface area contributed by atoms with Crippen LogP contribution in [0.5, 0.6) is 0 Å². The number of carbonyl (C=O) groups excluding carboxylic acids is 1.